The van der Waals surface area contributed by atoms with Crippen molar-refractivity contribution in [3.63, 3.8) is 0 Å². The molecule has 0 aliphatic heterocycles. The van der Waals surface area contributed by atoms with Gasteiger partial charge < -0.3 is 10.3 Å². The number of pyridine rings is 1. The van der Waals surface area contributed by atoms with Crippen molar-refractivity contribution in [2.24, 2.45) is 5.73 Å². The lowest BCUT2D eigenvalue weighted by Gasteiger charge is -2.24. The number of nitrogens with zero attached hydrogens (tertiary/aromatic N) is 3. The van der Waals surface area contributed by atoms with Gasteiger partial charge in [-0.3, -0.25) is 4.98 Å². The molecule has 2 N–H and O–H groups in total. The van der Waals surface area contributed by atoms with Gasteiger partial charge in [0.25, 0.3) is 0 Å². The molecule has 0 bridgehead atoms. The molecule has 104 valence electrons. The highest BCUT2D eigenvalue weighted by Crippen LogP contribution is 2.25. The van der Waals surface area contributed by atoms with Crippen molar-refractivity contribution in [3.05, 3.63) is 24.3 Å². The maximum absolute atomic E-state index is 5.82. The molecule has 19 heavy (non-hydrogen) atoms. The van der Waals surface area contributed by atoms with Crippen LogP contribution < -0.4 is 5.73 Å². The van der Waals surface area contributed by atoms with Crippen LogP contribution in [0.15, 0.2) is 18.5 Å². The second-order valence-corrected chi connectivity index (χ2v) is 6.27. The number of aryl methyl sites for hydroxylation is 1. The molecule has 0 amide bonds. The quantitative estimate of drug-likeness (QED) is 0.919. The number of nitrogens with two attached hydrogens (primary N) is 1. The van der Waals surface area contributed by atoms with E-state index in [9.17, 15) is 0 Å². The number of imidazole rings is 1. The van der Waals surface area contributed by atoms with E-state index in [2.05, 4.69) is 37.2 Å². The minimum atomic E-state index is 0.0275. The van der Waals surface area contributed by atoms with Crippen molar-refractivity contribution in [2.75, 3.05) is 0 Å². The molecule has 2 heterocycles. The Labute approximate surface area is 115 Å². The Hall–Kier alpha value is -1.42. The van der Waals surface area contributed by atoms with E-state index < -0.39 is 0 Å². The van der Waals surface area contributed by atoms with Gasteiger partial charge in [-0.05, 0) is 46.6 Å². The standard InChI is InChI=1S/C15H24N4/c1-11(16)6-5-7-14-18-12-10-17-9-8-13(12)19(14)15(2,3)4/h8-11H,5-7,16H2,1-4H3. The van der Waals surface area contributed by atoms with E-state index in [-0.39, 0.29) is 11.6 Å². The Kier molecular flexibility index (Phi) is 3.90. The molecular formula is C15H24N4. The van der Waals surface area contributed by atoms with Gasteiger partial charge in [0.1, 0.15) is 11.3 Å². The van der Waals surface area contributed by atoms with Gasteiger partial charge >= 0.3 is 0 Å². The smallest absolute Gasteiger partial charge is 0.110 e. The van der Waals surface area contributed by atoms with Crippen molar-refractivity contribution in [3.8, 4) is 0 Å². The van der Waals surface area contributed by atoms with E-state index in [0.29, 0.717) is 0 Å². The lowest BCUT2D eigenvalue weighted by atomic mass is 10.1. The molecule has 1 unspecified atom stereocenters. The van der Waals surface area contributed by atoms with Crippen LogP contribution >= 0.6 is 0 Å². The molecule has 2 aromatic heterocycles. The largest absolute Gasteiger partial charge is 0.328 e. The lowest BCUT2D eigenvalue weighted by molar-refractivity contribution is 0.391. The normalized spacial score (nSPS) is 13.9. The molecule has 1 atom stereocenters. The van der Waals surface area contributed by atoms with Crippen LogP contribution in [0.4, 0.5) is 0 Å². The van der Waals surface area contributed by atoms with Gasteiger partial charge in [0.15, 0.2) is 0 Å². The second-order valence-electron chi connectivity index (χ2n) is 6.27. The Balaban J connectivity index is 2.36. The molecule has 0 aromatic carbocycles. The third-order valence-electron chi connectivity index (χ3n) is 3.26. The zero-order chi connectivity index (χ0) is 14.0. The number of rotatable bonds is 4. The van der Waals surface area contributed by atoms with Gasteiger partial charge in [-0.15, -0.1) is 0 Å². The SMILES string of the molecule is CC(N)CCCc1nc2cnccc2n1C(C)(C)C. The predicted molar refractivity (Wildman–Crippen MR) is 79.1 cm³/mol. The number of fused-ring (bicyclic) bond motifs is 1. The first kappa shape index (κ1) is 14.0. The molecule has 0 aliphatic rings. The van der Waals surface area contributed by atoms with Gasteiger partial charge in [-0.25, -0.2) is 4.98 Å². The summed E-state index contributed by atoms with van der Waals surface area (Å²) in [5.74, 6) is 1.14. The fraction of sp³-hybridized carbons (Fsp3) is 0.600. The van der Waals surface area contributed by atoms with Crippen LogP contribution in [0, 0.1) is 0 Å². The summed E-state index contributed by atoms with van der Waals surface area (Å²) >= 11 is 0. The zero-order valence-electron chi connectivity index (χ0n) is 12.3. The number of hydrogen-bond donors (Lipinski definition) is 1. The lowest BCUT2D eigenvalue weighted by Crippen LogP contribution is -2.24. The summed E-state index contributed by atoms with van der Waals surface area (Å²) in [6, 6.07) is 2.30. The molecule has 2 aromatic rings. The highest BCUT2D eigenvalue weighted by molar-refractivity contribution is 5.75. The minimum Gasteiger partial charge on any atom is -0.328 e. The summed E-state index contributed by atoms with van der Waals surface area (Å²) in [5, 5.41) is 0. The van der Waals surface area contributed by atoms with Gasteiger partial charge in [-0.1, -0.05) is 0 Å². The van der Waals surface area contributed by atoms with Crippen LogP contribution in [-0.4, -0.2) is 20.6 Å². The van der Waals surface area contributed by atoms with E-state index >= 15 is 0 Å². The van der Waals surface area contributed by atoms with Gasteiger partial charge in [0.2, 0.25) is 0 Å². The summed E-state index contributed by atoms with van der Waals surface area (Å²) in [7, 11) is 0. The first-order valence-corrected chi connectivity index (χ1v) is 6.97. The van der Waals surface area contributed by atoms with E-state index in [1.54, 1.807) is 0 Å². The molecular weight excluding hydrogens is 236 g/mol. The topological polar surface area (TPSA) is 56.7 Å². The average molecular weight is 260 g/mol. The highest BCUT2D eigenvalue weighted by atomic mass is 15.1. The van der Waals surface area contributed by atoms with Crippen molar-refractivity contribution < 1.29 is 0 Å². The summed E-state index contributed by atoms with van der Waals surface area (Å²) in [6.45, 7) is 8.69. The molecule has 2 rings (SSSR count). The van der Waals surface area contributed by atoms with E-state index in [1.165, 1.54) is 5.52 Å². The predicted octanol–water partition coefficient (Wildman–Crippen LogP) is 2.86. The zero-order valence-corrected chi connectivity index (χ0v) is 12.3. The molecule has 0 spiro atoms. The van der Waals surface area contributed by atoms with E-state index in [1.807, 2.05) is 18.5 Å². The third kappa shape index (κ3) is 3.13. The average Bonchev–Trinajstić information content (AvgIpc) is 2.66. The van der Waals surface area contributed by atoms with Crippen LogP contribution in [0.25, 0.3) is 11.0 Å². The third-order valence-corrected chi connectivity index (χ3v) is 3.26. The Bertz CT molecular complexity index is 549. The summed E-state index contributed by atoms with van der Waals surface area (Å²) < 4.78 is 2.32. The maximum Gasteiger partial charge on any atom is 0.110 e. The summed E-state index contributed by atoms with van der Waals surface area (Å²) in [6.07, 6.45) is 6.74. The Morgan fingerprint density at radius 3 is 2.74 bits per heavy atom. The maximum atomic E-state index is 5.82. The van der Waals surface area contributed by atoms with Crippen LogP contribution in [0.2, 0.25) is 0 Å². The molecule has 0 radical (unpaired) electrons. The van der Waals surface area contributed by atoms with Crippen molar-refractivity contribution >= 4 is 11.0 Å². The first-order valence-electron chi connectivity index (χ1n) is 6.97. The molecule has 0 saturated heterocycles. The monoisotopic (exact) mass is 260 g/mol. The molecule has 0 saturated carbocycles. The number of hydrogen-bond acceptors (Lipinski definition) is 3. The van der Waals surface area contributed by atoms with Crippen molar-refractivity contribution in [2.45, 2.75) is 58.5 Å². The van der Waals surface area contributed by atoms with Gasteiger partial charge in [0, 0.05) is 24.2 Å². The summed E-state index contributed by atoms with van der Waals surface area (Å²) in [4.78, 5) is 8.90. The van der Waals surface area contributed by atoms with Gasteiger partial charge in [-0.2, -0.15) is 0 Å². The van der Waals surface area contributed by atoms with Crippen LogP contribution in [-0.2, 0) is 12.0 Å². The first-order chi connectivity index (χ1) is 8.89. The minimum absolute atomic E-state index is 0.0275. The molecule has 4 heteroatoms. The number of aromatic nitrogens is 3. The van der Waals surface area contributed by atoms with Crippen molar-refractivity contribution in [1.29, 1.82) is 0 Å². The van der Waals surface area contributed by atoms with E-state index in [0.717, 1.165) is 30.6 Å². The Morgan fingerprint density at radius 1 is 1.37 bits per heavy atom. The Morgan fingerprint density at radius 2 is 2.11 bits per heavy atom. The van der Waals surface area contributed by atoms with Crippen LogP contribution in [0.1, 0.15) is 46.4 Å². The fourth-order valence-electron chi connectivity index (χ4n) is 2.48. The van der Waals surface area contributed by atoms with Gasteiger partial charge in [0.05, 0.1) is 11.7 Å². The second kappa shape index (κ2) is 5.29. The fourth-order valence-corrected chi connectivity index (χ4v) is 2.48. The molecule has 4 nitrogen and oxygen atoms in total. The molecule has 0 fully saturated rings. The molecule has 0 aliphatic carbocycles. The highest BCUT2D eigenvalue weighted by Gasteiger charge is 2.21. The van der Waals surface area contributed by atoms with Crippen molar-refractivity contribution in [1.82, 2.24) is 14.5 Å². The summed E-state index contributed by atoms with van der Waals surface area (Å²) in [5.41, 5.74) is 7.99. The van der Waals surface area contributed by atoms with E-state index in [4.69, 9.17) is 10.7 Å². The van der Waals surface area contributed by atoms with Crippen LogP contribution in [0.5, 0.6) is 0 Å². The van der Waals surface area contributed by atoms with Crippen LogP contribution in [0.3, 0.4) is 0 Å².